The Morgan fingerprint density at radius 2 is 1.75 bits per heavy atom. The molecule has 1 aromatic carbocycles. The summed E-state index contributed by atoms with van der Waals surface area (Å²) in [5.41, 5.74) is 1.51. The summed E-state index contributed by atoms with van der Waals surface area (Å²) >= 11 is 5.73. The molecule has 0 aliphatic heterocycles. The van der Waals surface area contributed by atoms with Crippen molar-refractivity contribution in [1.29, 1.82) is 0 Å². The maximum Gasteiger partial charge on any atom is 0.146 e. The van der Waals surface area contributed by atoms with Crippen molar-refractivity contribution in [3.8, 4) is 0 Å². The fourth-order valence-corrected chi connectivity index (χ4v) is 2.53. The van der Waals surface area contributed by atoms with Gasteiger partial charge >= 0.3 is 0 Å². The van der Waals surface area contributed by atoms with Crippen LogP contribution in [-0.4, -0.2) is 37.6 Å². The highest BCUT2D eigenvalue weighted by atomic mass is 35.5. The zero-order valence-electron chi connectivity index (χ0n) is 12.8. The topological polar surface area (TPSA) is 6.48 Å². The fourth-order valence-electron chi connectivity index (χ4n) is 2.36. The molecule has 0 aliphatic carbocycles. The Balaban J connectivity index is 2.62. The summed E-state index contributed by atoms with van der Waals surface area (Å²) in [5, 5.41) is 0. The number of anilines is 1. The first-order valence-corrected chi connectivity index (χ1v) is 8.01. The predicted molar refractivity (Wildman–Crippen MR) is 86.2 cm³/mol. The molecular weight excluding hydrogens is 275 g/mol. The Kier molecular flexibility index (Phi) is 7.93. The highest BCUT2D eigenvalue weighted by molar-refractivity contribution is 6.17. The molecule has 0 bridgehead atoms. The van der Waals surface area contributed by atoms with Gasteiger partial charge in [-0.25, -0.2) is 4.39 Å². The van der Waals surface area contributed by atoms with Crippen LogP contribution in [0.15, 0.2) is 18.2 Å². The van der Waals surface area contributed by atoms with Gasteiger partial charge in [0.1, 0.15) is 5.82 Å². The van der Waals surface area contributed by atoms with E-state index >= 15 is 0 Å². The maximum atomic E-state index is 14.1. The zero-order chi connectivity index (χ0) is 15.0. The molecule has 0 N–H and O–H groups in total. The van der Waals surface area contributed by atoms with Crippen LogP contribution in [0, 0.1) is 5.82 Å². The van der Waals surface area contributed by atoms with Gasteiger partial charge in [-0.05, 0) is 50.7 Å². The van der Waals surface area contributed by atoms with E-state index in [0.717, 1.165) is 44.7 Å². The van der Waals surface area contributed by atoms with Crippen molar-refractivity contribution < 1.29 is 4.39 Å². The number of halogens is 2. The molecule has 114 valence electrons. The van der Waals surface area contributed by atoms with Crippen LogP contribution in [0.25, 0.3) is 0 Å². The van der Waals surface area contributed by atoms with Crippen LogP contribution in [0.2, 0.25) is 0 Å². The molecule has 0 aliphatic rings. The number of hydrogen-bond donors (Lipinski definition) is 0. The first kappa shape index (κ1) is 17.3. The second kappa shape index (κ2) is 9.19. The van der Waals surface area contributed by atoms with Gasteiger partial charge in [-0.2, -0.15) is 0 Å². The molecule has 0 radical (unpaired) electrons. The van der Waals surface area contributed by atoms with E-state index in [1.54, 1.807) is 0 Å². The van der Waals surface area contributed by atoms with Crippen LogP contribution in [-0.2, 0) is 5.88 Å². The van der Waals surface area contributed by atoms with Crippen molar-refractivity contribution in [2.24, 2.45) is 0 Å². The van der Waals surface area contributed by atoms with Gasteiger partial charge in [-0.1, -0.05) is 19.9 Å². The lowest BCUT2D eigenvalue weighted by molar-refractivity contribution is 0.300. The van der Waals surface area contributed by atoms with Gasteiger partial charge in [0.2, 0.25) is 0 Å². The molecule has 4 heteroatoms. The number of nitrogens with zero attached hydrogens (tertiary/aromatic N) is 2. The Morgan fingerprint density at radius 1 is 1.05 bits per heavy atom. The SMILES string of the molecule is CCN(CC)CCCN(CC)c1ccc(CCl)cc1F. The lowest BCUT2D eigenvalue weighted by Crippen LogP contribution is -2.30. The highest BCUT2D eigenvalue weighted by Crippen LogP contribution is 2.21. The van der Waals surface area contributed by atoms with E-state index in [2.05, 4.69) is 30.6 Å². The van der Waals surface area contributed by atoms with Crippen LogP contribution < -0.4 is 4.90 Å². The summed E-state index contributed by atoms with van der Waals surface area (Å²) in [4.78, 5) is 4.48. The summed E-state index contributed by atoms with van der Waals surface area (Å²) < 4.78 is 14.1. The molecule has 0 unspecified atom stereocenters. The third kappa shape index (κ3) is 4.95. The molecule has 1 aromatic rings. The molecule has 2 nitrogen and oxygen atoms in total. The Bertz CT molecular complexity index is 394. The minimum atomic E-state index is -0.173. The quantitative estimate of drug-likeness (QED) is 0.633. The largest absolute Gasteiger partial charge is 0.369 e. The molecule has 0 amide bonds. The van der Waals surface area contributed by atoms with E-state index in [9.17, 15) is 4.39 Å². The van der Waals surface area contributed by atoms with Gasteiger partial charge in [-0.15, -0.1) is 11.6 Å². The molecule has 0 saturated heterocycles. The molecule has 1 rings (SSSR count). The van der Waals surface area contributed by atoms with Gasteiger partial charge in [0.05, 0.1) is 5.69 Å². The van der Waals surface area contributed by atoms with Gasteiger partial charge in [0, 0.05) is 19.0 Å². The van der Waals surface area contributed by atoms with Crippen molar-refractivity contribution >= 4 is 17.3 Å². The van der Waals surface area contributed by atoms with Crippen molar-refractivity contribution in [3.63, 3.8) is 0 Å². The third-order valence-corrected chi connectivity index (χ3v) is 3.99. The van der Waals surface area contributed by atoms with Gasteiger partial charge in [0.15, 0.2) is 0 Å². The van der Waals surface area contributed by atoms with Crippen molar-refractivity contribution in [3.05, 3.63) is 29.6 Å². The van der Waals surface area contributed by atoms with E-state index in [1.165, 1.54) is 6.07 Å². The maximum absolute atomic E-state index is 14.1. The van der Waals surface area contributed by atoms with E-state index in [4.69, 9.17) is 11.6 Å². The van der Waals surface area contributed by atoms with Crippen LogP contribution in [0.5, 0.6) is 0 Å². The van der Waals surface area contributed by atoms with Crippen LogP contribution in [0.4, 0.5) is 10.1 Å². The van der Waals surface area contributed by atoms with E-state index in [0.29, 0.717) is 11.6 Å². The molecule has 0 atom stereocenters. The van der Waals surface area contributed by atoms with Gasteiger partial charge in [-0.3, -0.25) is 0 Å². The standard InChI is InChI=1S/C16H26ClFN2/c1-4-19(5-2)10-7-11-20(6-3)16-9-8-14(13-17)12-15(16)18/h8-9,12H,4-7,10-11,13H2,1-3H3. The Hall–Kier alpha value is -0.800. The molecule has 0 fully saturated rings. The van der Waals surface area contributed by atoms with Crippen molar-refractivity contribution in [2.75, 3.05) is 37.6 Å². The second-order valence-corrected chi connectivity index (χ2v) is 5.15. The van der Waals surface area contributed by atoms with Crippen LogP contribution >= 0.6 is 11.6 Å². The van der Waals surface area contributed by atoms with Gasteiger partial charge < -0.3 is 9.80 Å². The van der Waals surface area contributed by atoms with E-state index in [-0.39, 0.29) is 5.82 Å². The molecule has 0 heterocycles. The lowest BCUT2D eigenvalue weighted by Gasteiger charge is -2.25. The summed E-state index contributed by atoms with van der Waals surface area (Å²) in [6, 6.07) is 5.28. The smallest absolute Gasteiger partial charge is 0.146 e. The second-order valence-electron chi connectivity index (χ2n) is 4.88. The Labute approximate surface area is 127 Å². The summed E-state index contributed by atoms with van der Waals surface area (Å²) in [7, 11) is 0. The fraction of sp³-hybridized carbons (Fsp3) is 0.625. The van der Waals surface area contributed by atoms with Crippen molar-refractivity contribution in [1.82, 2.24) is 4.90 Å². The predicted octanol–water partition coefficient (Wildman–Crippen LogP) is 4.12. The van der Waals surface area contributed by atoms with Crippen molar-refractivity contribution in [2.45, 2.75) is 33.1 Å². The molecule has 20 heavy (non-hydrogen) atoms. The molecule has 0 saturated carbocycles. The zero-order valence-corrected chi connectivity index (χ0v) is 13.6. The average molecular weight is 301 g/mol. The molecular formula is C16H26ClFN2. The van der Waals surface area contributed by atoms with E-state index in [1.807, 2.05) is 12.1 Å². The van der Waals surface area contributed by atoms with E-state index < -0.39 is 0 Å². The molecule has 0 spiro atoms. The number of hydrogen-bond acceptors (Lipinski definition) is 2. The third-order valence-electron chi connectivity index (χ3n) is 3.69. The normalized spacial score (nSPS) is 11.1. The average Bonchev–Trinajstić information content (AvgIpc) is 2.48. The lowest BCUT2D eigenvalue weighted by atomic mass is 10.2. The van der Waals surface area contributed by atoms with Crippen LogP contribution in [0.1, 0.15) is 32.8 Å². The number of benzene rings is 1. The summed E-state index contributed by atoms with van der Waals surface area (Å²) in [6.07, 6.45) is 1.05. The summed E-state index contributed by atoms with van der Waals surface area (Å²) in [6.45, 7) is 11.3. The first-order chi connectivity index (χ1) is 9.65. The number of alkyl halides is 1. The molecule has 0 aromatic heterocycles. The monoisotopic (exact) mass is 300 g/mol. The van der Waals surface area contributed by atoms with Gasteiger partial charge in [0.25, 0.3) is 0 Å². The van der Waals surface area contributed by atoms with Crippen LogP contribution in [0.3, 0.4) is 0 Å². The minimum absolute atomic E-state index is 0.173. The highest BCUT2D eigenvalue weighted by Gasteiger charge is 2.11. The number of rotatable bonds is 9. The first-order valence-electron chi connectivity index (χ1n) is 7.47. The Morgan fingerprint density at radius 3 is 2.25 bits per heavy atom. The summed E-state index contributed by atoms with van der Waals surface area (Å²) in [5.74, 6) is 0.179. The minimum Gasteiger partial charge on any atom is -0.369 e.